The number of fused-ring (bicyclic) bond motifs is 1. The molecule has 0 spiro atoms. The number of hydrogen-bond donors (Lipinski definition) is 0. The van der Waals surface area contributed by atoms with E-state index in [1.165, 1.54) is 56.5 Å². The molecule has 0 atom stereocenters. The first-order valence-corrected chi connectivity index (χ1v) is 19.1. The van der Waals surface area contributed by atoms with E-state index in [1.807, 2.05) is 54.6 Å². The SMILES string of the molecule is CCC[CH2][Sn]([CH2]CCC)([CH2]CCC)[O]c1nn(-c2ccccc2)c(=O)c2ccccc12. The fourth-order valence-electron chi connectivity index (χ4n) is 4.21. The van der Waals surface area contributed by atoms with E-state index in [4.69, 9.17) is 8.17 Å². The van der Waals surface area contributed by atoms with Crippen LogP contribution in [0.4, 0.5) is 0 Å². The van der Waals surface area contributed by atoms with E-state index in [9.17, 15) is 4.79 Å². The van der Waals surface area contributed by atoms with E-state index in [-0.39, 0.29) is 5.56 Å². The molecule has 1 heterocycles. The molecule has 0 radical (unpaired) electrons. The van der Waals surface area contributed by atoms with Gasteiger partial charge in [0.1, 0.15) is 0 Å². The van der Waals surface area contributed by atoms with Crippen LogP contribution in [0.25, 0.3) is 16.5 Å². The summed E-state index contributed by atoms with van der Waals surface area (Å²) in [6, 6.07) is 17.5. The molecule has 1 aromatic heterocycles. The molecule has 0 amide bonds. The molecule has 0 bridgehead atoms. The summed E-state index contributed by atoms with van der Waals surface area (Å²) in [6.45, 7) is 6.79. The zero-order chi connectivity index (χ0) is 22.1. The second kappa shape index (κ2) is 11.7. The van der Waals surface area contributed by atoms with E-state index in [2.05, 4.69) is 20.8 Å². The van der Waals surface area contributed by atoms with Crippen molar-refractivity contribution in [2.24, 2.45) is 0 Å². The Kier molecular flexibility index (Phi) is 9.00. The van der Waals surface area contributed by atoms with Crippen LogP contribution in [-0.4, -0.2) is 28.6 Å². The van der Waals surface area contributed by atoms with Crippen LogP contribution in [0.2, 0.25) is 13.3 Å². The van der Waals surface area contributed by atoms with Gasteiger partial charge in [-0.15, -0.1) is 0 Å². The summed E-state index contributed by atoms with van der Waals surface area (Å²) >= 11 is -2.96. The van der Waals surface area contributed by atoms with Gasteiger partial charge in [-0.3, -0.25) is 0 Å². The zero-order valence-corrected chi connectivity index (χ0v) is 22.1. The first-order valence-electron chi connectivity index (χ1n) is 11.9. The minimum atomic E-state index is -2.96. The van der Waals surface area contributed by atoms with Gasteiger partial charge in [-0.05, 0) is 0 Å². The Hall–Kier alpha value is -1.82. The van der Waals surface area contributed by atoms with E-state index in [1.54, 1.807) is 0 Å². The molecule has 0 saturated heterocycles. The number of rotatable bonds is 12. The second-order valence-electron chi connectivity index (χ2n) is 8.50. The number of aromatic nitrogens is 2. The molecule has 0 aliphatic carbocycles. The van der Waals surface area contributed by atoms with Gasteiger partial charge in [-0.2, -0.15) is 0 Å². The third-order valence-electron chi connectivity index (χ3n) is 6.04. The molecular formula is C26H36N2O2Sn. The average Bonchev–Trinajstić information content (AvgIpc) is 2.82. The minimum absolute atomic E-state index is 0.0920. The maximum absolute atomic E-state index is 13.2. The quantitative estimate of drug-likeness (QED) is 0.236. The number of benzene rings is 2. The third-order valence-corrected chi connectivity index (χ3v) is 18.7. The summed E-state index contributed by atoms with van der Waals surface area (Å²) in [5.41, 5.74) is 0.685. The van der Waals surface area contributed by atoms with Crippen LogP contribution in [0.3, 0.4) is 0 Å². The van der Waals surface area contributed by atoms with Crippen LogP contribution in [0.15, 0.2) is 59.4 Å². The van der Waals surface area contributed by atoms with Crippen molar-refractivity contribution in [2.75, 3.05) is 0 Å². The average molecular weight is 527 g/mol. The molecule has 2 aromatic carbocycles. The van der Waals surface area contributed by atoms with Crippen LogP contribution < -0.4 is 8.63 Å². The van der Waals surface area contributed by atoms with Gasteiger partial charge in [0.15, 0.2) is 0 Å². The fraction of sp³-hybridized carbons (Fsp3) is 0.462. The van der Waals surface area contributed by atoms with Crippen molar-refractivity contribution in [1.29, 1.82) is 0 Å². The van der Waals surface area contributed by atoms with Crippen molar-refractivity contribution >= 4 is 29.6 Å². The topological polar surface area (TPSA) is 44.1 Å². The first kappa shape index (κ1) is 23.8. The first-order chi connectivity index (χ1) is 15.1. The Balaban J connectivity index is 2.13. The molecular weight excluding hydrogens is 491 g/mol. The van der Waals surface area contributed by atoms with Gasteiger partial charge < -0.3 is 0 Å². The van der Waals surface area contributed by atoms with Gasteiger partial charge in [0, 0.05) is 0 Å². The Bertz CT molecular complexity index is 995. The van der Waals surface area contributed by atoms with Gasteiger partial charge in [0.25, 0.3) is 0 Å². The molecule has 0 unspecified atom stereocenters. The van der Waals surface area contributed by atoms with Crippen LogP contribution in [0.5, 0.6) is 5.88 Å². The van der Waals surface area contributed by atoms with Crippen molar-refractivity contribution in [2.45, 2.75) is 72.6 Å². The second-order valence-corrected chi connectivity index (χ2v) is 20.1. The Morgan fingerprint density at radius 2 is 1.29 bits per heavy atom. The summed E-state index contributed by atoms with van der Waals surface area (Å²) in [5.74, 6) is 0.665. The summed E-state index contributed by atoms with van der Waals surface area (Å²) < 4.78 is 12.3. The Morgan fingerprint density at radius 1 is 0.774 bits per heavy atom. The summed E-state index contributed by atoms with van der Waals surface area (Å²) in [6.07, 6.45) is 7.24. The van der Waals surface area contributed by atoms with Gasteiger partial charge in [0.05, 0.1) is 0 Å². The van der Waals surface area contributed by atoms with E-state index in [0.717, 1.165) is 11.1 Å². The third kappa shape index (κ3) is 5.91. The Morgan fingerprint density at radius 3 is 1.84 bits per heavy atom. The molecule has 31 heavy (non-hydrogen) atoms. The standard InChI is InChI=1S/C14H10N2O2.3C4H9.Sn/c17-13-11-8-4-5-9-12(11)14(18)16(15-13)10-6-2-1-3-7-10;3*1-3-4-2;/h1-9H,(H,15,17);3*1,3-4H2,2H3;/q;;;;+1/p-1. The zero-order valence-electron chi connectivity index (χ0n) is 19.3. The van der Waals surface area contributed by atoms with Crippen molar-refractivity contribution in [3.05, 3.63) is 65.0 Å². The van der Waals surface area contributed by atoms with Crippen LogP contribution in [0, 0.1) is 0 Å². The number of nitrogens with zero attached hydrogens (tertiary/aromatic N) is 2. The molecule has 4 nitrogen and oxygen atoms in total. The molecule has 5 heteroatoms. The van der Waals surface area contributed by atoms with Gasteiger partial charge in [-0.25, -0.2) is 0 Å². The summed E-state index contributed by atoms with van der Waals surface area (Å²) in [5, 5.41) is 6.35. The van der Waals surface area contributed by atoms with Crippen molar-refractivity contribution in [3.8, 4) is 11.6 Å². The molecule has 0 saturated carbocycles. The van der Waals surface area contributed by atoms with Gasteiger partial charge >= 0.3 is 192 Å². The van der Waals surface area contributed by atoms with E-state index in [0.29, 0.717) is 11.3 Å². The van der Waals surface area contributed by atoms with E-state index < -0.39 is 18.8 Å². The van der Waals surface area contributed by atoms with Crippen molar-refractivity contribution in [3.63, 3.8) is 0 Å². The number of para-hydroxylation sites is 1. The Labute approximate surface area is 191 Å². The predicted molar refractivity (Wildman–Crippen MR) is 133 cm³/mol. The van der Waals surface area contributed by atoms with Gasteiger partial charge in [0.2, 0.25) is 0 Å². The van der Waals surface area contributed by atoms with E-state index >= 15 is 0 Å². The normalized spacial score (nSPS) is 11.7. The summed E-state index contributed by atoms with van der Waals surface area (Å²) in [4.78, 5) is 13.2. The molecule has 0 N–H and O–H groups in total. The molecule has 3 rings (SSSR count). The molecule has 0 aliphatic rings. The molecule has 166 valence electrons. The fourth-order valence-corrected chi connectivity index (χ4v) is 17.4. The number of hydrogen-bond acceptors (Lipinski definition) is 3. The monoisotopic (exact) mass is 528 g/mol. The van der Waals surface area contributed by atoms with Gasteiger partial charge in [-0.1, -0.05) is 0 Å². The van der Waals surface area contributed by atoms with Crippen LogP contribution >= 0.6 is 0 Å². The number of unbranched alkanes of at least 4 members (excludes halogenated alkanes) is 3. The molecule has 0 fully saturated rings. The predicted octanol–water partition coefficient (Wildman–Crippen LogP) is 7.11. The molecule has 0 aliphatic heterocycles. The molecule has 3 aromatic rings. The van der Waals surface area contributed by atoms with Crippen molar-refractivity contribution < 1.29 is 3.07 Å². The van der Waals surface area contributed by atoms with Crippen molar-refractivity contribution in [1.82, 2.24) is 9.78 Å². The van der Waals surface area contributed by atoms with Crippen LogP contribution in [0.1, 0.15) is 59.3 Å². The van der Waals surface area contributed by atoms with Crippen LogP contribution in [-0.2, 0) is 0 Å². The maximum atomic E-state index is 13.2. The summed E-state index contributed by atoms with van der Waals surface area (Å²) in [7, 11) is 0.